The topological polar surface area (TPSA) is 51.1 Å². The maximum atomic E-state index is 6.03. The zero-order valence-corrected chi connectivity index (χ0v) is 18.1. The SMILES string of the molecule is CCSc1nc2cc(OCCC3CCN(c4ccc(C)nn4)CC3)ccc2s1. The van der Waals surface area contributed by atoms with Crippen molar-refractivity contribution < 1.29 is 4.74 Å². The second-order valence-corrected chi connectivity index (χ2v) is 9.68. The average Bonchev–Trinajstić information content (AvgIpc) is 3.11. The maximum Gasteiger partial charge on any atom is 0.151 e. The molecule has 28 heavy (non-hydrogen) atoms. The van der Waals surface area contributed by atoms with Crippen LogP contribution >= 0.6 is 23.1 Å². The van der Waals surface area contributed by atoms with Gasteiger partial charge in [0.15, 0.2) is 10.2 Å². The molecule has 3 heterocycles. The van der Waals surface area contributed by atoms with Gasteiger partial charge in [-0.3, -0.25) is 0 Å². The molecule has 1 fully saturated rings. The molecule has 4 rings (SSSR count). The number of aromatic nitrogens is 3. The van der Waals surface area contributed by atoms with E-state index in [0.717, 1.165) is 59.0 Å². The highest BCUT2D eigenvalue weighted by Crippen LogP contribution is 2.31. The number of benzene rings is 1. The van der Waals surface area contributed by atoms with Gasteiger partial charge in [-0.2, -0.15) is 5.10 Å². The standard InChI is InChI=1S/C21H26N4OS2/c1-3-27-21-22-18-14-17(5-6-19(18)28-21)26-13-10-16-8-11-25(12-9-16)20-7-4-15(2)23-24-20/h4-7,14,16H,3,8-13H2,1-2H3. The number of anilines is 1. The van der Waals surface area contributed by atoms with Crippen LogP contribution in [0.3, 0.4) is 0 Å². The molecular formula is C21H26N4OS2. The fourth-order valence-corrected chi connectivity index (χ4v) is 5.46. The molecule has 148 valence electrons. The van der Waals surface area contributed by atoms with E-state index in [9.17, 15) is 0 Å². The summed E-state index contributed by atoms with van der Waals surface area (Å²) in [7, 11) is 0. The van der Waals surface area contributed by atoms with Crippen molar-refractivity contribution >= 4 is 39.1 Å². The van der Waals surface area contributed by atoms with E-state index in [0.29, 0.717) is 5.92 Å². The van der Waals surface area contributed by atoms with Gasteiger partial charge in [0.25, 0.3) is 0 Å². The van der Waals surface area contributed by atoms with Gasteiger partial charge in [-0.25, -0.2) is 4.98 Å². The van der Waals surface area contributed by atoms with Crippen LogP contribution in [0.4, 0.5) is 5.82 Å². The minimum atomic E-state index is 0.713. The van der Waals surface area contributed by atoms with Crippen molar-refractivity contribution in [1.82, 2.24) is 15.2 Å². The molecule has 1 aromatic carbocycles. The van der Waals surface area contributed by atoms with Crippen molar-refractivity contribution in [3.8, 4) is 5.75 Å². The molecule has 5 nitrogen and oxygen atoms in total. The Morgan fingerprint density at radius 1 is 1.18 bits per heavy atom. The highest BCUT2D eigenvalue weighted by Gasteiger charge is 2.20. The van der Waals surface area contributed by atoms with Crippen LogP contribution in [0.5, 0.6) is 5.75 Å². The molecule has 0 bridgehead atoms. The summed E-state index contributed by atoms with van der Waals surface area (Å²) in [5.74, 6) is 3.69. The summed E-state index contributed by atoms with van der Waals surface area (Å²) in [5, 5.41) is 8.48. The number of thioether (sulfide) groups is 1. The van der Waals surface area contributed by atoms with Gasteiger partial charge in [-0.05, 0) is 62.1 Å². The molecule has 3 aromatic rings. The smallest absolute Gasteiger partial charge is 0.151 e. The normalized spacial score (nSPS) is 15.3. The molecule has 0 unspecified atom stereocenters. The maximum absolute atomic E-state index is 6.03. The molecule has 1 aliphatic rings. The summed E-state index contributed by atoms with van der Waals surface area (Å²) in [6.07, 6.45) is 3.46. The minimum absolute atomic E-state index is 0.713. The van der Waals surface area contributed by atoms with Crippen molar-refractivity contribution in [1.29, 1.82) is 0 Å². The van der Waals surface area contributed by atoms with Gasteiger partial charge in [0.2, 0.25) is 0 Å². The second-order valence-electron chi connectivity index (χ2n) is 7.14. The highest BCUT2D eigenvalue weighted by molar-refractivity contribution is 8.01. The summed E-state index contributed by atoms with van der Waals surface area (Å²) in [4.78, 5) is 7.03. The Hall–Kier alpha value is -1.86. The number of piperidine rings is 1. The fourth-order valence-electron chi connectivity index (χ4n) is 3.52. The molecule has 2 aromatic heterocycles. The lowest BCUT2D eigenvalue weighted by Gasteiger charge is -2.32. The van der Waals surface area contributed by atoms with E-state index in [2.05, 4.69) is 51.3 Å². The third kappa shape index (κ3) is 4.75. The summed E-state index contributed by atoms with van der Waals surface area (Å²) < 4.78 is 8.40. The number of ether oxygens (including phenoxy) is 1. The number of hydrogen-bond donors (Lipinski definition) is 0. The van der Waals surface area contributed by atoms with E-state index >= 15 is 0 Å². The summed E-state index contributed by atoms with van der Waals surface area (Å²) in [6.45, 7) is 6.99. The lowest BCUT2D eigenvalue weighted by Crippen LogP contribution is -2.34. The van der Waals surface area contributed by atoms with Crippen LogP contribution < -0.4 is 9.64 Å². The number of nitrogens with zero attached hydrogens (tertiary/aromatic N) is 4. The van der Waals surface area contributed by atoms with Crippen LogP contribution in [0, 0.1) is 12.8 Å². The van der Waals surface area contributed by atoms with E-state index in [4.69, 9.17) is 4.74 Å². The van der Waals surface area contributed by atoms with Crippen molar-refractivity contribution in [3.05, 3.63) is 36.0 Å². The van der Waals surface area contributed by atoms with Crippen molar-refractivity contribution in [2.75, 3.05) is 30.3 Å². The van der Waals surface area contributed by atoms with Crippen molar-refractivity contribution in [2.24, 2.45) is 5.92 Å². The number of aryl methyl sites for hydroxylation is 1. The predicted octanol–water partition coefficient (Wildman–Crippen LogP) is 5.19. The summed E-state index contributed by atoms with van der Waals surface area (Å²) in [6, 6.07) is 10.4. The van der Waals surface area contributed by atoms with Crippen molar-refractivity contribution in [3.63, 3.8) is 0 Å². The predicted molar refractivity (Wildman–Crippen MR) is 118 cm³/mol. The lowest BCUT2D eigenvalue weighted by molar-refractivity contribution is 0.258. The fraction of sp³-hybridized carbons (Fsp3) is 0.476. The molecule has 0 saturated carbocycles. The van der Waals surface area contributed by atoms with Crippen LogP contribution in [0.1, 0.15) is 31.9 Å². The van der Waals surface area contributed by atoms with Crippen LogP contribution in [0.2, 0.25) is 0 Å². The van der Waals surface area contributed by atoms with Crippen LogP contribution in [-0.2, 0) is 0 Å². The molecular weight excluding hydrogens is 388 g/mol. The number of hydrogen-bond acceptors (Lipinski definition) is 7. The van der Waals surface area contributed by atoms with Crippen LogP contribution in [-0.4, -0.2) is 40.6 Å². The summed E-state index contributed by atoms with van der Waals surface area (Å²) in [5.41, 5.74) is 2.01. The zero-order chi connectivity index (χ0) is 19.3. The minimum Gasteiger partial charge on any atom is -0.494 e. The first-order chi connectivity index (χ1) is 13.7. The van der Waals surface area contributed by atoms with Crippen LogP contribution in [0.15, 0.2) is 34.7 Å². The van der Waals surface area contributed by atoms with Gasteiger partial charge in [0.05, 0.1) is 22.5 Å². The highest BCUT2D eigenvalue weighted by atomic mass is 32.2. The first-order valence-corrected chi connectivity index (χ1v) is 11.7. The average molecular weight is 415 g/mol. The van der Waals surface area contributed by atoms with Gasteiger partial charge >= 0.3 is 0 Å². The Morgan fingerprint density at radius 2 is 2.04 bits per heavy atom. The molecule has 0 amide bonds. The van der Waals surface area contributed by atoms with E-state index in [1.807, 2.05) is 13.0 Å². The lowest BCUT2D eigenvalue weighted by atomic mass is 9.94. The zero-order valence-electron chi connectivity index (χ0n) is 16.4. The number of rotatable bonds is 7. The molecule has 0 atom stereocenters. The van der Waals surface area contributed by atoms with Crippen LogP contribution in [0.25, 0.3) is 10.2 Å². The first kappa shape index (κ1) is 19.5. The molecule has 7 heteroatoms. The van der Waals surface area contributed by atoms with E-state index < -0.39 is 0 Å². The summed E-state index contributed by atoms with van der Waals surface area (Å²) >= 11 is 3.56. The Labute approximate surface area is 174 Å². The van der Waals surface area contributed by atoms with E-state index in [1.54, 1.807) is 23.1 Å². The molecule has 0 radical (unpaired) electrons. The monoisotopic (exact) mass is 414 g/mol. The Bertz CT molecular complexity index is 904. The largest absolute Gasteiger partial charge is 0.494 e. The van der Waals surface area contributed by atoms with Gasteiger partial charge in [-0.1, -0.05) is 18.7 Å². The first-order valence-electron chi connectivity index (χ1n) is 9.92. The molecule has 1 saturated heterocycles. The Morgan fingerprint density at radius 3 is 2.79 bits per heavy atom. The second kappa shape index (κ2) is 9.09. The third-order valence-electron chi connectivity index (χ3n) is 5.12. The van der Waals surface area contributed by atoms with Gasteiger partial charge in [0, 0.05) is 19.2 Å². The van der Waals surface area contributed by atoms with E-state index in [1.165, 1.54) is 17.5 Å². The quantitative estimate of drug-likeness (QED) is 0.496. The van der Waals surface area contributed by atoms with Gasteiger partial charge in [0.1, 0.15) is 5.75 Å². The number of fused-ring (bicyclic) bond motifs is 1. The molecule has 1 aliphatic heterocycles. The van der Waals surface area contributed by atoms with Gasteiger partial charge < -0.3 is 9.64 Å². The Kier molecular flexibility index (Phi) is 6.32. The third-order valence-corrected chi connectivity index (χ3v) is 7.19. The van der Waals surface area contributed by atoms with Gasteiger partial charge in [-0.15, -0.1) is 16.4 Å². The molecule has 0 aliphatic carbocycles. The molecule has 0 spiro atoms. The van der Waals surface area contributed by atoms with Crippen molar-refractivity contribution in [2.45, 2.75) is 37.4 Å². The molecule has 0 N–H and O–H groups in total. The number of thiazole rings is 1. The van der Waals surface area contributed by atoms with E-state index in [-0.39, 0.29) is 0 Å². The Balaban J connectivity index is 1.24.